The van der Waals surface area contributed by atoms with Crippen molar-refractivity contribution >= 4 is 17.3 Å². The Kier molecular flexibility index (Phi) is 1.83. The van der Waals surface area contributed by atoms with Crippen molar-refractivity contribution in [1.29, 1.82) is 0 Å². The van der Waals surface area contributed by atoms with E-state index in [1.165, 1.54) is 0 Å². The molecular formula is C7H7ClN4. The molecule has 1 heterocycles. The number of hydrogen-bond donors (Lipinski definition) is 1. The molecule has 1 aromatic carbocycles. The van der Waals surface area contributed by atoms with E-state index in [0.29, 0.717) is 6.67 Å². The van der Waals surface area contributed by atoms with Gasteiger partial charge in [0.25, 0.3) is 0 Å². The Bertz CT molecular complexity index is 287. The molecule has 0 fully saturated rings. The third-order valence-electron chi connectivity index (χ3n) is 1.58. The van der Waals surface area contributed by atoms with Crippen LogP contribution in [0.2, 0.25) is 5.02 Å². The van der Waals surface area contributed by atoms with E-state index in [0.717, 1.165) is 10.7 Å². The smallest absolute Gasteiger partial charge is 0.154 e. The minimum absolute atomic E-state index is 0.543. The van der Waals surface area contributed by atoms with Gasteiger partial charge in [-0.1, -0.05) is 16.8 Å². The van der Waals surface area contributed by atoms with Gasteiger partial charge in [0.1, 0.15) is 0 Å². The van der Waals surface area contributed by atoms with Gasteiger partial charge in [0.05, 0.1) is 5.69 Å². The van der Waals surface area contributed by atoms with Crippen LogP contribution in [-0.2, 0) is 0 Å². The van der Waals surface area contributed by atoms with E-state index in [2.05, 4.69) is 15.9 Å². The molecule has 1 N–H and O–H groups in total. The molecule has 1 aliphatic heterocycles. The van der Waals surface area contributed by atoms with Crippen LogP contribution >= 0.6 is 11.6 Å². The molecule has 2 rings (SSSR count). The average Bonchev–Trinajstić information content (AvgIpc) is 2.58. The molecule has 0 bridgehead atoms. The molecule has 1 aliphatic rings. The van der Waals surface area contributed by atoms with Crippen molar-refractivity contribution in [2.45, 2.75) is 0 Å². The van der Waals surface area contributed by atoms with Crippen LogP contribution in [0, 0.1) is 0 Å². The van der Waals surface area contributed by atoms with Crippen molar-refractivity contribution in [3.05, 3.63) is 29.3 Å². The summed E-state index contributed by atoms with van der Waals surface area (Å²) in [4.78, 5) is 0. The van der Waals surface area contributed by atoms with Crippen LogP contribution in [0.4, 0.5) is 5.69 Å². The Balaban J connectivity index is 2.18. The largest absolute Gasteiger partial charge is 0.247 e. The highest BCUT2D eigenvalue weighted by atomic mass is 35.5. The molecule has 0 atom stereocenters. The van der Waals surface area contributed by atoms with E-state index in [9.17, 15) is 0 Å². The summed E-state index contributed by atoms with van der Waals surface area (Å²) in [6.07, 6.45) is 0. The van der Waals surface area contributed by atoms with E-state index in [4.69, 9.17) is 11.6 Å². The number of halogens is 1. The minimum atomic E-state index is 0.543. The topological polar surface area (TPSA) is 40.0 Å². The van der Waals surface area contributed by atoms with Crippen molar-refractivity contribution in [3.8, 4) is 0 Å². The molecule has 0 saturated heterocycles. The lowest BCUT2D eigenvalue weighted by Gasteiger charge is -2.14. The predicted octanol–water partition coefficient (Wildman–Crippen LogP) is 1.99. The summed E-state index contributed by atoms with van der Waals surface area (Å²) in [7, 11) is 0. The first kappa shape index (κ1) is 7.36. The van der Waals surface area contributed by atoms with Crippen molar-refractivity contribution in [3.63, 3.8) is 0 Å². The Morgan fingerprint density at radius 3 is 2.67 bits per heavy atom. The van der Waals surface area contributed by atoms with Crippen molar-refractivity contribution in [2.75, 3.05) is 11.7 Å². The maximum atomic E-state index is 5.73. The first-order valence-corrected chi connectivity index (χ1v) is 3.89. The molecule has 0 aliphatic carbocycles. The lowest BCUT2D eigenvalue weighted by molar-refractivity contribution is 0.749. The summed E-state index contributed by atoms with van der Waals surface area (Å²) in [5.41, 5.74) is 3.74. The van der Waals surface area contributed by atoms with Crippen LogP contribution < -0.4 is 10.5 Å². The van der Waals surface area contributed by atoms with Gasteiger partial charge in [-0.15, -0.1) is 5.11 Å². The Morgan fingerprint density at radius 2 is 2.08 bits per heavy atom. The van der Waals surface area contributed by atoms with Gasteiger partial charge in [-0.2, -0.15) is 5.53 Å². The van der Waals surface area contributed by atoms with Gasteiger partial charge in [-0.05, 0) is 24.3 Å². The van der Waals surface area contributed by atoms with E-state index < -0.39 is 0 Å². The average molecular weight is 183 g/mol. The molecule has 0 aromatic heterocycles. The van der Waals surface area contributed by atoms with Crippen molar-refractivity contribution in [1.82, 2.24) is 5.53 Å². The van der Waals surface area contributed by atoms with E-state index in [1.54, 1.807) is 0 Å². The highest BCUT2D eigenvalue weighted by molar-refractivity contribution is 6.30. The number of nitrogens with zero attached hydrogens (tertiary/aromatic N) is 3. The van der Waals surface area contributed by atoms with Crippen LogP contribution in [0.15, 0.2) is 34.6 Å². The van der Waals surface area contributed by atoms with E-state index in [1.807, 2.05) is 29.3 Å². The molecule has 5 heteroatoms. The molecule has 0 spiro atoms. The van der Waals surface area contributed by atoms with Crippen molar-refractivity contribution in [2.24, 2.45) is 10.3 Å². The monoisotopic (exact) mass is 182 g/mol. The summed E-state index contributed by atoms with van der Waals surface area (Å²) >= 11 is 5.73. The standard InChI is InChI=1S/C7H7ClN4/c8-6-1-3-7(4-2-6)12-5-9-10-11-12/h1-4H,5H2,(H,9,11). The van der Waals surface area contributed by atoms with Gasteiger partial charge in [0.15, 0.2) is 6.67 Å². The minimum Gasteiger partial charge on any atom is -0.247 e. The number of nitrogens with one attached hydrogen (secondary N) is 1. The molecule has 12 heavy (non-hydrogen) atoms. The van der Waals surface area contributed by atoms with Gasteiger partial charge in [0, 0.05) is 5.02 Å². The second kappa shape index (κ2) is 2.98. The summed E-state index contributed by atoms with van der Waals surface area (Å²) < 4.78 is 0. The zero-order valence-electron chi connectivity index (χ0n) is 6.24. The van der Waals surface area contributed by atoms with Gasteiger partial charge < -0.3 is 0 Å². The van der Waals surface area contributed by atoms with Gasteiger partial charge in [-0.3, -0.25) is 0 Å². The molecule has 0 amide bonds. The summed E-state index contributed by atoms with van der Waals surface area (Å²) in [6, 6.07) is 7.48. The summed E-state index contributed by atoms with van der Waals surface area (Å²) in [5.74, 6) is 0. The zero-order valence-corrected chi connectivity index (χ0v) is 6.99. The first-order valence-electron chi connectivity index (χ1n) is 3.51. The Morgan fingerprint density at radius 1 is 1.33 bits per heavy atom. The SMILES string of the molecule is Clc1ccc(N2CN=NN2)cc1. The lowest BCUT2D eigenvalue weighted by Crippen LogP contribution is -2.29. The van der Waals surface area contributed by atoms with Crippen LogP contribution in [0.3, 0.4) is 0 Å². The number of anilines is 1. The second-order valence-corrected chi connectivity index (χ2v) is 2.82. The number of rotatable bonds is 1. The molecule has 4 nitrogen and oxygen atoms in total. The highest BCUT2D eigenvalue weighted by Gasteiger charge is 2.07. The summed E-state index contributed by atoms with van der Waals surface area (Å²) in [6.45, 7) is 0.543. The quantitative estimate of drug-likeness (QED) is 0.722. The number of hydrogen-bond acceptors (Lipinski definition) is 4. The highest BCUT2D eigenvalue weighted by Crippen LogP contribution is 2.17. The maximum Gasteiger partial charge on any atom is 0.154 e. The fraction of sp³-hybridized carbons (Fsp3) is 0.143. The molecular weight excluding hydrogens is 176 g/mol. The molecule has 0 unspecified atom stereocenters. The fourth-order valence-corrected chi connectivity index (χ4v) is 1.10. The second-order valence-electron chi connectivity index (χ2n) is 2.39. The van der Waals surface area contributed by atoms with E-state index >= 15 is 0 Å². The van der Waals surface area contributed by atoms with Crippen LogP contribution in [0.25, 0.3) is 0 Å². The lowest BCUT2D eigenvalue weighted by atomic mass is 10.3. The summed E-state index contributed by atoms with van der Waals surface area (Å²) in [5, 5.41) is 9.95. The first-order chi connectivity index (χ1) is 5.86. The van der Waals surface area contributed by atoms with Crippen LogP contribution in [0.1, 0.15) is 0 Å². The van der Waals surface area contributed by atoms with E-state index in [-0.39, 0.29) is 0 Å². The van der Waals surface area contributed by atoms with Crippen molar-refractivity contribution < 1.29 is 0 Å². The Labute approximate surface area is 74.8 Å². The Hall–Kier alpha value is -1.29. The molecule has 0 radical (unpaired) electrons. The molecule has 1 aromatic rings. The van der Waals surface area contributed by atoms with Gasteiger partial charge in [-0.25, -0.2) is 5.01 Å². The fourth-order valence-electron chi connectivity index (χ4n) is 0.973. The van der Waals surface area contributed by atoms with Gasteiger partial charge in [0.2, 0.25) is 0 Å². The third kappa shape index (κ3) is 1.33. The van der Waals surface area contributed by atoms with Crippen LogP contribution in [-0.4, -0.2) is 6.67 Å². The predicted molar refractivity (Wildman–Crippen MR) is 46.8 cm³/mol. The molecule has 0 saturated carbocycles. The van der Waals surface area contributed by atoms with Gasteiger partial charge >= 0.3 is 0 Å². The third-order valence-corrected chi connectivity index (χ3v) is 1.83. The van der Waals surface area contributed by atoms with Crippen LogP contribution in [0.5, 0.6) is 0 Å². The maximum absolute atomic E-state index is 5.73. The number of hydrazine groups is 1. The number of benzene rings is 1. The normalized spacial score (nSPS) is 14.9. The zero-order chi connectivity index (χ0) is 8.39. The molecule has 62 valence electrons.